The standard InChI is InChI=1S/C23H27N3O3/c1-14(2)23(4,13-24)26-21(27)15(3)29-22(28)20-16-9-5-7-11-18(16)25-19-12-8-6-10-17(19)20/h5,7,9,11,14-15H,6,8,10,12H2,1-4H3,(H,26,27)/t15-,23-/m0/s1. The van der Waals surface area contributed by atoms with E-state index < -0.39 is 23.5 Å². The van der Waals surface area contributed by atoms with Crippen molar-refractivity contribution in [3.05, 3.63) is 41.1 Å². The summed E-state index contributed by atoms with van der Waals surface area (Å²) >= 11 is 0. The minimum Gasteiger partial charge on any atom is -0.449 e. The third-order valence-corrected chi connectivity index (χ3v) is 5.80. The number of hydrogen-bond acceptors (Lipinski definition) is 5. The number of pyridine rings is 1. The Morgan fingerprint density at radius 2 is 1.90 bits per heavy atom. The van der Waals surface area contributed by atoms with E-state index in [0.717, 1.165) is 47.8 Å². The van der Waals surface area contributed by atoms with E-state index in [1.807, 2.05) is 38.1 Å². The van der Waals surface area contributed by atoms with E-state index in [4.69, 9.17) is 9.72 Å². The van der Waals surface area contributed by atoms with Crippen LogP contribution >= 0.6 is 0 Å². The van der Waals surface area contributed by atoms with Crippen LogP contribution in [0.2, 0.25) is 0 Å². The molecule has 0 unspecified atom stereocenters. The van der Waals surface area contributed by atoms with E-state index in [1.165, 1.54) is 6.92 Å². The highest BCUT2D eigenvalue weighted by Crippen LogP contribution is 2.30. The molecule has 3 rings (SSSR count). The first kappa shape index (κ1) is 20.8. The van der Waals surface area contributed by atoms with Crippen LogP contribution in [0, 0.1) is 17.2 Å². The van der Waals surface area contributed by atoms with Gasteiger partial charge in [0.15, 0.2) is 6.10 Å². The molecule has 29 heavy (non-hydrogen) atoms. The van der Waals surface area contributed by atoms with E-state index in [2.05, 4.69) is 11.4 Å². The first-order valence-electron chi connectivity index (χ1n) is 10.1. The number of nitrogens with zero attached hydrogens (tertiary/aromatic N) is 2. The normalized spacial score (nSPS) is 16.4. The van der Waals surface area contributed by atoms with E-state index in [9.17, 15) is 14.9 Å². The molecule has 1 amide bonds. The molecule has 1 aliphatic carbocycles. The molecule has 2 atom stereocenters. The average Bonchev–Trinajstić information content (AvgIpc) is 2.71. The lowest BCUT2D eigenvalue weighted by molar-refractivity contribution is -0.130. The molecule has 1 aliphatic rings. The first-order valence-corrected chi connectivity index (χ1v) is 10.1. The van der Waals surface area contributed by atoms with Gasteiger partial charge in [0.05, 0.1) is 17.1 Å². The number of amides is 1. The molecular formula is C23H27N3O3. The first-order chi connectivity index (χ1) is 13.8. The second-order valence-corrected chi connectivity index (χ2v) is 8.14. The number of carbonyl (C=O) groups is 2. The number of nitrogens with one attached hydrogen (secondary N) is 1. The molecule has 0 radical (unpaired) electrons. The molecule has 0 aliphatic heterocycles. The Kier molecular flexibility index (Phi) is 5.88. The number of carbonyl (C=O) groups excluding carboxylic acids is 2. The Balaban J connectivity index is 1.88. The second kappa shape index (κ2) is 8.20. The fraction of sp³-hybridized carbons (Fsp3) is 0.478. The van der Waals surface area contributed by atoms with Crippen LogP contribution in [0.25, 0.3) is 10.9 Å². The Morgan fingerprint density at radius 3 is 2.59 bits per heavy atom. The maximum Gasteiger partial charge on any atom is 0.339 e. The van der Waals surface area contributed by atoms with Crippen LogP contribution in [0.15, 0.2) is 24.3 Å². The fourth-order valence-corrected chi connectivity index (χ4v) is 3.54. The molecule has 1 N–H and O–H groups in total. The molecule has 6 heteroatoms. The van der Waals surface area contributed by atoms with Gasteiger partial charge in [-0.05, 0) is 57.1 Å². The number of para-hydroxylation sites is 1. The van der Waals surface area contributed by atoms with E-state index in [1.54, 1.807) is 6.92 Å². The minimum absolute atomic E-state index is 0.0875. The van der Waals surface area contributed by atoms with Crippen LogP contribution in [0.1, 0.15) is 62.2 Å². The molecular weight excluding hydrogens is 366 g/mol. The van der Waals surface area contributed by atoms with Crippen molar-refractivity contribution in [2.75, 3.05) is 0 Å². The second-order valence-electron chi connectivity index (χ2n) is 8.14. The molecule has 6 nitrogen and oxygen atoms in total. The van der Waals surface area contributed by atoms with Gasteiger partial charge in [-0.3, -0.25) is 9.78 Å². The van der Waals surface area contributed by atoms with Gasteiger partial charge in [-0.15, -0.1) is 0 Å². The van der Waals surface area contributed by atoms with Gasteiger partial charge in [0.25, 0.3) is 5.91 Å². The van der Waals surface area contributed by atoms with Crippen LogP contribution in [0.3, 0.4) is 0 Å². The van der Waals surface area contributed by atoms with Crippen LogP contribution < -0.4 is 5.32 Å². The zero-order valence-corrected chi connectivity index (χ0v) is 17.4. The monoisotopic (exact) mass is 393 g/mol. The lowest BCUT2D eigenvalue weighted by atomic mass is 9.89. The third kappa shape index (κ3) is 4.09. The topological polar surface area (TPSA) is 92.1 Å². The highest BCUT2D eigenvalue weighted by Gasteiger charge is 2.33. The van der Waals surface area contributed by atoms with Crippen LogP contribution in [0.4, 0.5) is 0 Å². The molecule has 0 fully saturated rings. The lowest BCUT2D eigenvalue weighted by Crippen LogP contribution is -2.52. The van der Waals surface area contributed by atoms with Crippen LogP contribution in [-0.4, -0.2) is 28.5 Å². The fourth-order valence-electron chi connectivity index (χ4n) is 3.54. The molecule has 0 bridgehead atoms. The van der Waals surface area contributed by atoms with Crippen molar-refractivity contribution in [1.82, 2.24) is 10.3 Å². The number of fused-ring (bicyclic) bond motifs is 2. The molecule has 1 heterocycles. The van der Waals surface area contributed by atoms with E-state index >= 15 is 0 Å². The maximum atomic E-state index is 13.1. The quantitative estimate of drug-likeness (QED) is 0.782. The number of aryl methyl sites for hydroxylation is 1. The Labute approximate surface area is 171 Å². The van der Waals surface area contributed by atoms with Crippen molar-refractivity contribution in [2.45, 2.75) is 65.0 Å². The van der Waals surface area contributed by atoms with Gasteiger partial charge in [0, 0.05) is 11.1 Å². The summed E-state index contributed by atoms with van der Waals surface area (Å²) in [6, 6.07) is 9.65. The summed E-state index contributed by atoms with van der Waals surface area (Å²) in [6.07, 6.45) is 2.65. The molecule has 152 valence electrons. The smallest absolute Gasteiger partial charge is 0.339 e. The predicted molar refractivity (Wildman–Crippen MR) is 110 cm³/mol. The summed E-state index contributed by atoms with van der Waals surface area (Å²) in [4.78, 5) is 30.4. The van der Waals surface area contributed by atoms with E-state index in [-0.39, 0.29) is 5.92 Å². The summed E-state index contributed by atoms with van der Waals surface area (Å²) in [5, 5.41) is 12.9. The van der Waals surface area contributed by atoms with Crippen molar-refractivity contribution in [3.63, 3.8) is 0 Å². The van der Waals surface area contributed by atoms with Gasteiger partial charge in [-0.1, -0.05) is 32.0 Å². The highest BCUT2D eigenvalue weighted by molar-refractivity contribution is 6.05. The SMILES string of the molecule is CC(C)[C@](C)(C#N)NC(=O)[C@H](C)OC(=O)c1c2c(nc3ccccc13)CCCC2. The summed E-state index contributed by atoms with van der Waals surface area (Å²) < 4.78 is 5.55. The van der Waals surface area contributed by atoms with E-state index in [0.29, 0.717) is 5.56 Å². The zero-order chi connectivity index (χ0) is 21.2. The largest absolute Gasteiger partial charge is 0.449 e. The van der Waals surface area contributed by atoms with Crippen molar-refractivity contribution in [2.24, 2.45) is 5.92 Å². The van der Waals surface area contributed by atoms with Gasteiger partial charge in [0.2, 0.25) is 0 Å². The molecule has 1 aromatic carbocycles. The summed E-state index contributed by atoms with van der Waals surface area (Å²) in [5.74, 6) is -1.09. The Morgan fingerprint density at radius 1 is 1.21 bits per heavy atom. The van der Waals surface area contributed by atoms with Crippen molar-refractivity contribution in [3.8, 4) is 6.07 Å². The average molecular weight is 393 g/mol. The Hall–Kier alpha value is -2.94. The number of esters is 1. The van der Waals surface area contributed by atoms with Gasteiger partial charge in [-0.25, -0.2) is 4.79 Å². The zero-order valence-electron chi connectivity index (χ0n) is 17.4. The number of benzene rings is 1. The predicted octanol–water partition coefficient (Wildman–Crippen LogP) is 3.71. The van der Waals surface area contributed by atoms with Gasteiger partial charge < -0.3 is 10.1 Å². The number of nitriles is 1. The summed E-state index contributed by atoms with van der Waals surface area (Å²) in [7, 11) is 0. The summed E-state index contributed by atoms with van der Waals surface area (Å²) in [5.41, 5.74) is 2.11. The van der Waals surface area contributed by atoms with Crippen molar-refractivity contribution >= 4 is 22.8 Å². The molecule has 0 saturated carbocycles. The number of hydrogen-bond donors (Lipinski definition) is 1. The molecule has 2 aromatic rings. The van der Waals surface area contributed by atoms with Gasteiger partial charge >= 0.3 is 5.97 Å². The minimum atomic E-state index is -1.03. The number of ether oxygens (including phenoxy) is 1. The third-order valence-electron chi connectivity index (χ3n) is 5.80. The van der Waals surface area contributed by atoms with Crippen molar-refractivity contribution in [1.29, 1.82) is 5.26 Å². The highest BCUT2D eigenvalue weighted by atomic mass is 16.5. The lowest BCUT2D eigenvalue weighted by Gasteiger charge is -2.28. The van der Waals surface area contributed by atoms with Crippen LogP contribution in [-0.2, 0) is 22.4 Å². The van der Waals surface area contributed by atoms with Crippen LogP contribution in [0.5, 0.6) is 0 Å². The molecule has 0 spiro atoms. The maximum absolute atomic E-state index is 13.1. The summed E-state index contributed by atoms with van der Waals surface area (Å²) in [6.45, 7) is 6.91. The number of rotatable bonds is 5. The van der Waals surface area contributed by atoms with Gasteiger partial charge in [0.1, 0.15) is 5.54 Å². The molecule has 1 aromatic heterocycles. The van der Waals surface area contributed by atoms with Crippen molar-refractivity contribution < 1.29 is 14.3 Å². The van der Waals surface area contributed by atoms with Gasteiger partial charge in [-0.2, -0.15) is 5.26 Å². The Bertz CT molecular complexity index is 993. The molecule has 0 saturated heterocycles. The number of aromatic nitrogens is 1.